The maximum absolute atomic E-state index is 11.9. The molecule has 7 heteroatoms. The van der Waals surface area contributed by atoms with E-state index in [1.165, 1.54) is 0 Å². The SMILES string of the molecule is Cc1ccc2nc(C)n(C)c(=O)c2c1.Cc1nc2ccc(CBr)cc2c(=O)n1C. The molecule has 2 heterocycles. The molecule has 0 saturated heterocycles. The van der Waals surface area contributed by atoms with Gasteiger partial charge in [0.25, 0.3) is 11.1 Å². The topological polar surface area (TPSA) is 69.8 Å². The summed E-state index contributed by atoms with van der Waals surface area (Å²) in [6.07, 6.45) is 0. The second-order valence-corrected chi connectivity index (χ2v) is 7.61. The lowest BCUT2D eigenvalue weighted by molar-refractivity contribution is 0.792. The van der Waals surface area contributed by atoms with Crippen molar-refractivity contribution in [2.24, 2.45) is 14.1 Å². The van der Waals surface area contributed by atoms with Crippen LogP contribution in [0.4, 0.5) is 0 Å². The van der Waals surface area contributed by atoms with Gasteiger partial charge in [-0.15, -0.1) is 0 Å². The third kappa shape index (κ3) is 4.15. The van der Waals surface area contributed by atoms with Crippen LogP contribution in [-0.2, 0) is 19.4 Å². The third-order valence-corrected chi connectivity index (χ3v) is 5.62. The summed E-state index contributed by atoms with van der Waals surface area (Å²) in [4.78, 5) is 32.4. The fourth-order valence-electron chi connectivity index (χ4n) is 3.01. The minimum atomic E-state index is 0.0142. The summed E-state index contributed by atoms with van der Waals surface area (Å²) in [5.74, 6) is 1.48. The maximum Gasteiger partial charge on any atom is 0.261 e. The number of fused-ring (bicyclic) bond motifs is 2. The molecule has 150 valence electrons. The van der Waals surface area contributed by atoms with E-state index >= 15 is 0 Å². The van der Waals surface area contributed by atoms with Gasteiger partial charge in [-0.2, -0.15) is 0 Å². The molecule has 0 bridgehead atoms. The Morgan fingerprint density at radius 2 is 1.28 bits per heavy atom. The fourth-order valence-corrected chi connectivity index (χ4v) is 3.36. The molecule has 0 aliphatic carbocycles. The number of halogens is 1. The summed E-state index contributed by atoms with van der Waals surface area (Å²) in [6, 6.07) is 11.5. The number of aryl methyl sites for hydroxylation is 3. The van der Waals surface area contributed by atoms with E-state index in [4.69, 9.17) is 0 Å². The standard InChI is InChI=1S/C11H11BrN2O.C11H12N2O/c1-7-13-10-4-3-8(6-12)5-9(10)11(15)14(7)2;1-7-4-5-10-9(6-7)11(14)13(3)8(2)12-10/h3-5H,6H2,1-2H3;4-6H,1-3H3. The first-order chi connectivity index (χ1) is 13.7. The molecule has 0 N–H and O–H groups in total. The van der Waals surface area contributed by atoms with Gasteiger partial charge in [0, 0.05) is 19.4 Å². The molecule has 0 saturated carbocycles. The van der Waals surface area contributed by atoms with E-state index in [1.54, 1.807) is 23.2 Å². The molecule has 0 aliphatic rings. The van der Waals surface area contributed by atoms with E-state index in [0.29, 0.717) is 10.8 Å². The Bertz CT molecular complexity index is 1340. The molecule has 2 aromatic carbocycles. The molecule has 0 fully saturated rings. The Balaban J connectivity index is 0.000000166. The van der Waals surface area contributed by atoms with Gasteiger partial charge in [-0.3, -0.25) is 18.7 Å². The lowest BCUT2D eigenvalue weighted by atomic mass is 10.1. The van der Waals surface area contributed by atoms with Crippen molar-refractivity contribution in [2.75, 3.05) is 0 Å². The smallest absolute Gasteiger partial charge is 0.261 e. The monoisotopic (exact) mass is 454 g/mol. The first-order valence-corrected chi connectivity index (χ1v) is 10.3. The van der Waals surface area contributed by atoms with E-state index < -0.39 is 0 Å². The minimum absolute atomic E-state index is 0.0142. The van der Waals surface area contributed by atoms with Gasteiger partial charge in [0.1, 0.15) is 11.6 Å². The lowest BCUT2D eigenvalue weighted by Crippen LogP contribution is -2.20. The molecule has 0 amide bonds. The molecule has 4 aromatic rings. The molecular formula is C22H23BrN4O2. The number of rotatable bonds is 1. The maximum atomic E-state index is 11.9. The Labute approximate surface area is 177 Å². The lowest BCUT2D eigenvalue weighted by Gasteiger charge is -2.05. The summed E-state index contributed by atoms with van der Waals surface area (Å²) in [5, 5.41) is 2.12. The highest BCUT2D eigenvalue weighted by atomic mass is 79.9. The van der Waals surface area contributed by atoms with Crippen molar-refractivity contribution in [1.29, 1.82) is 0 Å². The zero-order valence-corrected chi connectivity index (χ0v) is 18.7. The average molecular weight is 455 g/mol. The predicted molar refractivity (Wildman–Crippen MR) is 121 cm³/mol. The first-order valence-electron chi connectivity index (χ1n) is 9.19. The fraction of sp³-hybridized carbons (Fsp3) is 0.273. The largest absolute Gasteiger partial charge is 0.299 e. The van der Waals surface area contributed by atoms with Crippen LogP contribution < -0.4 is 11.1 Å². The summed E-state index contributed by atoms with van der Waals surface area (Å²) in [5.41, 5.74) is 3.75. The molecule has 2 aromatic heterocycles. The Morgan fingerprint density at radius 3 is 1.79 bits per heavy atom. The molecule has 0 atom stereocenters. The summed E-state index contributed by atoms with van der Waals surface area (Å²) < 4.78 is 3.14. The number of aromatic nitrogens is 4. The Morgan fingerprint density at radius 1 is 0.793 bits per heavy atom. The van der Waals surface area contributed by atoms with Crippen LogP contribution in [-0.4, -0.2) is 19.1 Å². The second kappa shape index (κ2) is 8.29. The van der Waals surface area contributed by atoms with Crippen LogP contribution in [0.1, 0.15) is 22.8 Å². The highest BCUT2D eigenvalue weighted by Gasteiger charge is 2.06. The normalized spacial score (nSPS) is 10.8. The van der Waals surface area contributed by atoms with Crippen LogP contribution >= 0.6 is 15.9 Å². The van der Waals surface area contributed by atoms with E-state index in [1.807, 2.05) is 57.2 Å². The molecule has 0 aliphatic heterocycles. The van der Waals surface area contributed by atoms with Crippen LogP contribution in [0.15, 0.2) is 46.0 Å². The molecule has 6 nitrogen and oxygen atoms in total. The minimum Gasteiger partial charge on any atom is -0.299 e. The Hall–Kier alpha value is -2.80. The Kier molecular flexibility index (Phi) is 5.98. The molecular weight excluding hydrogens is 432 g/mol. The van der Waals surface area contributed by atoms with E-state index in [0.717, 1.165) is 39.1 Å². The van der Waals surface area contributed by atoms with Crippen molar-refractivity contribution in [3.8, 4) is 0 Å². The van der Waals surface area contributed by atoms with E-state index in [2.05, 4.69) is 25.9 Å². The van der Waals surface area contributed by atoms with Crippen molar-refractivity contribution in [2.45, 2.75) is 26.1 Å². The van der Waals surface area contributed by atoms with Crippen molar-refractivity contribution in [3.63, 3.8) is 0 Å². The van der Waals surface area contributed by atoms with Crippen molar-refractivity contribution in [3.05, 3.63) is 79.9 Å². The van der Waals surface area contributed by atoms with Gasteiger partial charge < -0.3 is 0 Å². The molecule has 4 rings (SSSR count). The van der Waals surface area contributed by atoms with Crippen LogP contribution in [0.25, 0.3) is 21.8 Å². The van der Waals surface area contributed by atoms with Gasteiger partial charge in [-0.05, 0) is 50.6 Å². The van der Waals surface area contributed by atoms with Gasteiger partial charge in [0.15, 0.2) is 0 Å². The third-order valence-electron chi connectivity index (χ3n) is 4.97. The quantitative estimate of drug-likeness (QED) is 0.411. The number of hydrogen-bond donors (Lipinski definition) is 0. The highest BCUT2D eigenvalue weighted by Crippen LogP contribution is 2.13. The molecule has 0 radical (unpaired) electrons. The van der Waals surface area contributed by atoms with Gasteiger partial charge in [-0.25, -0.2) is 9.97 Å². The van der Waals surface area contributed by atoms with Crippen LogP contribution in [0.5, 0.6) is 0 Å². The summed E-state index contributed by atoms with van der Waals surface area (Å²) in [7, 11) is 3.48. The van der Waals surface area contributed by atoms with Crippen molar-refractivity contribution >= 4 is 37.7 Å². The van der Waals surface area contributed by atoms with Gasteiger partial charge in [0.05, 0.1) is 21.8 Å². The van der Waals surface area contributed by atoms with Gasteiger partial charge >= 0.3 is 0 Å². The second-order valence-electron chi connectivity index (χ2n) is 7.05. The average Bonchev–Trinajstić information content (AvgIpc) is 2.71. The molecule has 0 unspecified atom stereocenters. The highest BCUT2D eigenvalue weighted by molar-refractivity contribution is 9.08. The van der Waals surface area contributed by atoms with E-state index in [-0.39, 0.29) is 11.1 Å². The summed E-state index contributed by atoms with van der Waals surface area (Å²) >= 11 is 3.37. The van der Waals surface area contributed by atoms with Crippen LogP contribution in [0, 0.1) is 20.8 Å². The van der Waals surface area contributed by atoms with E-state index in [9.17, 15) is 9.59 Å². The van der Waals surface area contributed by atoms with Crippen molar-refractivity contribution < 1.29 is 0 Å². The molecule has 0 spiro atoms. The number of nitrogens with zero attached hydrogens (tertiary/aromatic N) is 4. The number of hydrogen-bond acceptors (Lipinski definition) is 4. The van der Waals surface area contributed by atoms with Crippen molar-refractivity contribution in [1.82, 2.24) is 19.1 Å². The first kappa shape index (κ1) is 20.9. The van der Waals surface area contributed by atoms with Crippen LogP contribution in [0.3, 0.4) is 0 Å². The van der Waals surface area contributed by atoms with Crippen LogP contribution in [0.2, 0.25) is 0 Å². The number of alkyl halides is 1. The number of benzene rings is 2. The zero-order chi connectivity index (χ0) is 21.3. The predicted octanol–water partition coefficient (Wildman–Crippen LogP) is 3.69. The zero-order valence-electron chi connectivity index (χ0n) is 17.2. The van der Waals surface area contributed by atoms with Gasteiger partial charge in [0.2, 0.25) is 0 Å². The molecule has 29 heavy (non-hydrogen) atoms. The summed E-state index contributed by atoms with van der Waals surface area (Å²) in [6.45, 7) is 5.64. The van der Waals surface area contributed by atoms with Gasteiger partial charge in [-0.1, -0.05) is 33.6 Å².